The molecule has 9 nitrogen and oxygen atoms in total. The predicted molar refractivity (Wildman–Crippen MR) is 132 cm³/mol. The summed E-state index contributed by atoms with van der Waals surface area (Å²) in [5, 5.41) is 27.0. The van der Waals surface area contributed by atoms with E-state index in [0.29, 0.717) is 35.5 Å². The van der Waals surface area contributed by atoms with Crippen LogP contribution in [0.15, 0.2) is 42.6 Å². The molecule has 4 rings (SSSR count). The van der Waals surface area contributed by atoms with Gasteiger partial charge in [-0.2, -0.15) is 0 Å². The number of ether oxygens (including phenoxy) is 2. The van der Waals surface area contributed by atoms with Crippen molar-refractivity contribution >= 4 is 11.6 Å². The number of aryl methyl sites for hydroxylation is 1. The zero-order chi connectivity index (χ0) is 26.0. The summed E-state index contributed by atoms with van der Waals surface area (Å²) in [6, 6.07) is 9.49. The van der Waals surface area contributed by atoms with Crippen LogP contribution in [0.4, 0.5) is 4.39 Å². The number of aliphatic hydroxyl groups is 1. The minimum Gasteiger partial charge on any atom is -0.488 e. The molecule has 0 aliphatic carbocycles. The second-order valence-electron chi connectivity index (χ2n) is 9.37. The molecule has 1 aliphatic heterocycles. The van der Waals surface area contributed by atoms with E-state index in [1.54, 1.807) is 62.2 Å². The number of benzene rings is 2. The molecule has 36 heavy (non-hydrogen) atoms. The molecule has 3 aromatic rings. The lowest BCUT2D eigenvalue weighted by Gasteiger charge is -2.47. The molecule has 1 saturated heterocycles. The number of rotatable bonds is 9. The molecule has 1 amide bonds. The maximum absolute atomic E-state index is 14.5. The number of hydrogen-bond acceptors (Lipinski definition) is 7. The fourth-order valence-electron chi connectivity index (χ4n) is 4.20. The van der Waals surface area contributed by atoms with Gasteiger partial charge in [0.2, 0.25) is 0 Å². The molecule has 1 fully saturated rings. The van der Waals surface area contributed by atoms with Crippen LogP contribution in [-0.4, -0.2) is 75.1 Å². The average molecular weight is 496 g/mol. The van der Waals surface area contributed by atoms with Crippen LogP contribution < -0.4 is 4.74 Å². The van der Waals surface area contributed by atoms with Gasteiger partial charge >= 0.3 is 0 Å². The molecular formula is C26H30FN5O4. The number of amides is 1. The molecule has 0 unspecified atom stereocenters. The van der Waals surface area contributed by atoms with Crippen molar-refractivity contribution in [1.29, 1.82) is 5.41 Å². The summed E-state index contributed by atoms with van der Waals surface area (Å²) in [7, 11) is 1.54. The van der Waals surface area contributed by atoms with Crippen LogP contribution in [0.5, 0.6) is 5.75 Å². The van der Waals surface area contributed by atoms with Gasteiger partial charge in [-0.3, -0.25) is 10.2 Å². The number of nitrogens with one attached hydrogen (secondary N) is 1. The highest BCUT2D eigenvalue weighted by molar-refractivity contribution is 6.10. The topological polar surface area (TPSA) is 114 Å². The van der Waals surface area contributed by atoms with E-state index in [9.17, 15) is 14.3 Å². The number of carbonyl (C=O) groups is 1. The lowest BCUT2D eigenvalue weighted by molar-refractivity contribution is -0.0550. The summed E-state index contributed by atoms with van der Waals surface area (Å²) in [5.41, 5.74) is 1.58. The third-order valence-corrected chi connectivity index (χ3v) is 6.32. The number of aromatic nitrogens is 3. The molecule has 2 N–H and O–H groups in total. The Labute approximate surface area is 209 Å². The van der Waals surface area contributed by atoms with Crippen molar-refractivity contribution in [3.05, 3.63) is 70.8 Å². The van der Waals surface area contributed by atoms with Gasteiger partial charge in [0.15, 0.2) is 11.6 Å². The lowest BCUT2D eigenvalue weighted by atomic mass is 9.87. The van der Waals surface area contributed by atoms with Gasteiger partial charge in [-0.1, -0.05) is 5.21 Å². The second kappa shape index (κ2) is 10.2. The van der Waals surface area contributed by atoms with E-state index in [2.05, 4.69) is 10.3 Å². The predicted octanol–water partition coefficient (Wildman–Crippen LogP) is 3.14. The Balaban J connectivity index is 1.48. The van der Waals surface area contributed by atoms with Gasteiger partial charge in [0.25, 0.3) is 5.91 Å². The van der Waals surface area contributed by atoms with Crippen LogP contribution in [-0.2, 0) is 4.74 Å². The van der Waals surface area contributed by atoms with Crippen molar-refractivity contribution in [2.24, 2.45) is 0 Å². The van der Waals surface area contributed by atoms with Gasteiger partial charge in [-0.25, -0.2) is 9.07 Å². The molecule has 10 heteroatoms. The van der Waals surface area contributed by atoms with E-state index in [1.165, 1.54) is 17.9 Å². The second-order valence-corrected chi connectivity index (χ2v) is 9.37. The Morgan fingerprint density at radius 2 is 1.97 bits per heavy atom. The highest BCUT2D eigenvalue weighted by atomic mass is 19.1. The van der Waals surface area contributed by atoms with Gasteiger partial charge in [0, 0.05) is 24.8 Å². The highest BCUT2D eigenvalue weighted by Crippen LogP contribution is 2.29. The van der Waals surface area contributed by atoms with E-state index in [1.807, 2.05) is 0 Å². The average Bonchev–Trinajstić information content (AvgIpc) is 3.29. The largest absolute Gasteiger partial charge is 0.488 e. The first-order chi connectivity index (χ1) is 17.1. The normalized spacial score (nSPS) is 15.5. The Hall–Kier alpha value is -3.63. The van der Waals surface area contributed by atoms with Crippen LogP contribution in [0.1, 0.15) is 47.4 Å². The minimum absolute atomic E-state index is 0.0309. The molecular weight excluding hydrogens is 465 g/mol. The first-order valence-corrected chi connectivity index (χ1v) is 11.7. The van der Waals surface area contributed by atoms with E-state index >= 15 is 0 Å². The fourth-order valence-corrected chi connectivity index (χ4v) is 4.20. The number of nitrogens with zero attached hydrogens (tertiary/aromatic N) is 4. The highest BCUT2D eigenvalue weighted by Gasteiger charge is 2.41. The van der Waals surface area contributed by atoms with Gasteiger partial charge in [0.05, 0.1) is 35.8 Å². The Bertz CT molecular complexity index is 1270. The maximum Gasteiger partial charge on any atom is 0.254 e. The number of halogens is 1. The smallest absolute Gasteiger partial charge is 0.254 e. The first kappa shape index (κ1) is 25.5. The van der Waals surface area contributed by atoms with Gasteiger partial charge in [-0.15, -0.1) is 5.10 Å². The molecule has 0 spiro atoms. The van der Waals surface area contributed by atoms with Crippen LogP contribution in [0.3, 0.4) is 0 Å². The Morgan fingerprint density at radius 3 is 2.58 bits per heavy atom. The van der Waals surface area contributed by atoms with Gasteiger partial charge < -0.3 is 19.5 Å². The monoisotopic (exact) mass is 495 g/mol. The van der Waals surface area contributed by atoms with Crippen molar-refractivity contribution in [1.82, 2.24) is 19.9 Å². The van der Waals surface area contributed by atoms with Crippen molar-refractivity contribution in [2.45, 2.75) is 38.8 Å². The van der Waals surface area contributed by atoms with Crippen molar-refractivity contribution < 1.29 is 23.8 Å². The van der Waals surface area contributed by atoms with Crippen LogP contribution in [0.2, 0.25) is 0 Å². The molecule has 190 valence electrons. The van der Waals surface area contributed by atoms with Gasteiger partial charge in [0.1, 0.15) is 12.3 Å². The summed E-state index contributed by atoms with van der Waals surface area (Å²) in [6.45, 7) is 6.37. The fraction of sp³-hybridized carbons (Fsp3) is 0.385. The quantitative estimate of drug-likeness (QED) is 0.348. The third-order valence-electron chi connectivity index (χ3n) is 6.32. The number of methoxy groups -OCH3 is 1. The van der Waals surface area contributed by atoms with E-state index in [0.717, 1.165) is 6.42 Å². The standard InChI is InChI=1S/C26H30FN5O4/c1-16-13-22(36-12-11-35-4)20(27)14-19(16)24(28)21-15-32(30-29-21)18-7-5-17(6-8-18)25(33)31-10-9-23(31)26(2,3)34/h5-8,13-15,23,28,34H,9-12H2,1-4H3/t23-/m1/s1. The van der Waals surface area contributed by atoms with Gasteiger partial charge in [-0.05, 0) is 69.2 Å². The summed E-state index contributed by atoms with van der Waals surface area (Å²) in [6.07, 6.45) is 2.35. The Kier molecular flexibility index (Phi) is 7.18. The maximum atomic E-state index is 14.5. The molecule has 1 atom stereocenters. The van der Waals surface area contributed by atoms with Crippen LogP contribution >= 0.6 is 0 Å². The summed E-state index contributed by atoms with van der Waals surface area (Å²) < 4.78 is 26.3. The van der Waals surface area contributed by atoms with Crippen molar-refractivity contribution in [2.75, 3.05) is 26.9 Å². The van der Waals surface area contributed by atoms with Crippen LogP contribution in [0.25, 0.3) is 5.69 Å². The first-order valence-electron chi connectivity index (χ1n) is 11.7. The minimum atomic E-state index is -0.950. The molecule has 2 heterocycles. The summed E-state index contributed by atoms with van der Waals surface area (Å²) >= 11 is 0. The van der Waals surface area contributed by atoms with Crippen molar-refractivity contribution in [3.63, 3.8) is 0 Å². The SMILES string of the molecule is COCCOc1cc(C)c(C(=N)c2cn(-c3ccc(C(=O)N4CC[C@@H]4C(C)(C)O)cc3)nn2)cc1F. The zero-order valence-corrected chi connectivity index (χ0v) is 20.8. The van der Waals surface area contributed by atoms with E-state index in [4.69, 9.17) is 14.9 Å². The molecule has 1 aliphatic rings. The summed E-state index contributed by atoms with van der Waals surface area (Å²) in [5.74, 6) is -0.599. The van der Waals surface area contributed by atoms with Crippen LogP contribution in [0, 0.1) is 18.2 Å². The van der Waals surface area contributed by atoms with Crippen molar-refractivity contribution in [3.8, 4) is 11.4 Å². The third kappa shape index (κ3) is 5.14. The molecule has 0 saturated carbocycles. The Morgan fingerprint density at radius 1 is 1.25 bits per heavy atom. The van der Waals surface area contributed by atoms with E-state index < -0.39 is 11.4 Å². The summed E-state index contributed by atoms with van der Waals surface area (Å²) in [4.78, 5) is 14.5. The molecule has 2 aromatic carbocycles. The molecule has 0 radical (unpaired) electrons. The number of hydrogen-bond donors (Lipinski definition) is 2. The lowest BCUT2D eigenvalue weighted by Crippen LogP contribution is -2.60. The number of carbonyl (C=O) groups excluding carboxylic acids is 1. The van der Waals surface area contributed by atoms with E-state index in [-0.39, 0.29) is 35.7 Å². The molecule has 0 bridgehead atoms. The molecule has 1 aromatic heterocycles. The zero-order valence-electron chi connectivity index (χ0n) is 20.8. The number of likely N-dealkylation sites (tertiary alicyclic amines) is 1.